The monoisotopic (exact) mass is 305 g/mol. The Kier molecular flexibility index (Phi) is 2.49. The van der Waals surface area contributed by atoms with Crippen molar-refractivity contribution in [3.8, 4) is 0 Å². The summed E-state index contributed by atoms with van der Waals surface area (Å²) in [6.07, 6.45) is 5.29. The van der Waals surface area contributed by atoms with Crippen LogP contribution >= 0.6 is 0 Å². The topological polar surface area (TPSA) is 70.0 Å². The van der Waals surface area contributed by atoms with Crippen LogP contribution in [0.4, 0.5) is 0 Å². The van der Waals surface area contributed by atoms with Crippen LogP contribution in [0.2, 0.25) is 0 Å². The van der Waals surface area contributed by atoms with Gasteiger partial charge in [0.1, 0.15) is 11.7 Å². The maximum atomic E-state index is 12.5. The third kappa shape index (κ3) is 1.26. The minimum absolute atomic E-state index is 0.0322. The highest BCUT2D eigenvalue weighted by Crippen LogP contribution is 2.67. The fourth-order valence-electron chi connectivity index (χ4n) is 6.51. The normalized spacial score (nSPS) is 59.5. The van der Waals surface area contributed by atoms with Crippen molar-refractivity contribution in [3.05, 3.63) is 12.2 Å². The molecule has 3 aliphatic carbocycles. The fraction of sp³-hybridized carbons (Fsp3) is 0.824. The third-order valence-electron chi connectivity index (χ3n) is 7.38. The molecule has 0 aromatic heterocycles. The molecule has 5 rings (SSSR count). The third-order valence-corrected chi connectivity index (χ3v) is 7.38. The summed E-state index contributed by atoms with van der Waals surface area (Å²) >= 11 is 0. The predicted molar refractivity (Wildman–Crippen MR) is 78.1 cm³/mol. The molecule has 4 unspecified atom stereocenters. The molecule has 2 bridgehead atoms. The molecule has 1 spiro atoms. The highest BCUT2D eigenvalue weighted by Gasteiger charge is 2.76. The zero-order valence-electron chi connectivity index (χ0n) is 12.8. The number of likely N-dealkylation sites (tertiary alicyclic amines) is 1. The molecule has 120 valence electrons. The number of likely N-dealkylation sites (N-methyl/N-ethyl adjacent to an activating group) is 1. The molecule has 5 nitrogen and oxygen atoms in total. The second-order valence-corrected chi connectivity index (χ2v) is 7.99. The van der Waals surface area contributed by atoms with Gasteiger partial charge in [0.15, 0.2) is 5.78 Å². The van der Waals surface area contributed by atoms with E-state index in [1.54, 1.807) is 6.08 Å². The Balaban J connectivity index is 1.75. The molecule has 2 aliphatic heterocycles. The molecule has 5 aliphatic rings. The van der Waals surface area contributed by atoms with E-state index >= 15 is 0 Å². The first-order valence-corrected chi connectivity index (χ1v) is 8.48. The van der Waals surface area contributed by atoms with Crippen LogP contribution in [-0.4, -0.2) is 64.4 Å². The molecular formula is C17H23NO4. The molecule has 2 saturated heterocycles. The molecule has 0 amide bonds. The lowest BCUT2D eigenvalue weighted by Crippen LogP contribution is -2.75. The van der Waals surface area contributed by atoms with Gasteiger partial charge in [0.25, 0.3) is 0 Å². The smallest absolute Gasteiger partial charge is 0.184 e. The van der Waals surface area contributed by atoms with Crippen LogP contribution in [0.5, 0.6) is 0 Å². The number of ketones is 1. The van der Waals surface area contributed by atoms with Crippen LogP contribution in [0, 0.1) is 17.3 Å². The zero-order valence-corrected chi connectivity index (χ0v) is 12.8. The standard InChI is InChI=1S/C17H23NO4/c1-18-7-6-16-13-9-2-3-10(19)14(13)22-15(16)11(20)4-5-17(16,21)12(18)8-9/h4-5,9-10,12-15,19,21H,2-3,6-8H2,1H3/t9?,10?,12-,13?,14?,15+,16+,17-/m1/s1. The molecule has 4 fully saturated rings. The van der Waals surface area contributed by atoms with Gasteiger partial charge in [-0.3, -0.25) is 4.79 Å². The van der Waals surface area contributed by atoms with Gasteiger partial charge in [-0.25, -0.2) is 0 Å². The van der Waals surface area contributed by atoms with Crippen LogP contribution in [0.25, 0.3) is 0 Å². The van der Waals surface area contributed by atoms with E-state index in [4.69, 9.17) is 4.74 Å². The summed E-state index contributed by atoms with van der Waals surface area (Å²) in [4.78, 5) is 14.7. The van der Waals surface area contributed by atoms with Crippen molar-refractivity contribution in [1.29, 1.82) is 0 Å². The van der Waals surface area contributed by atoms with Crippen molar-refractivity contribution in [1.82, 2.24) is 4.90 Å². The summed E-state index contributed by atoms with van der Waals surface area (Å²) in [6.45, 7) is 0.875. The van der Waals surface area contributed by atoms with Crippen LogP contribution in [0.1, 0.15) is 25.7 Å². The fourth-order valence-corrected chi connectivity index (χ4v) is 6.51. The summed E-state index contributed by atoms with van der Waals surface area (Å²) in [5.74, 6) is 0.506. The molecule has 2 N–H and O–H groups in total. The van der Waals surface area contributed by atoms with Crippen molar-refractivity contribution in [2.24, 2.45) is 17.3 Å². The lowest BCUT2D eigenvalue weighted by atomic mass is 9.44. The Morgan fingerprint density at radius 3 is 3.05 bits per heavy atom. The molecule has 5 heteroatoms. The number of carbonyl (C=O) groups excluding carboxylic acids is 1. The molecule has 0 radical (unpaired) electrons. The van der Waals surface area contributed by atoms with Gasteiger partial charge in [-0.05, 0) is 57.3 Å². The maximum Gasteiger partial charge on any atom is 0.184 e. The number of rotatable bonds is 0. The van der Waals surface area contributed by atoms with Crippen LogP contribution < -0.4 is 0 Å². The maximum absolute atomic E-state index is 12.5. The van der Waals surface area contributed by atoms with Gasteiger partial charge < -0.3 is 19.8 Å². The van der Waals surface area contributed by atoms with Gasteiger partial charge in [0.05, 0.1) is 12.2 Å². The van der Waals surface area contributed by atoms with Gasteiger partial charge in [-0.1, -0.05) is 0 Å². The van der Waals surface area contributed by atoms with Crippen molar-refractivity contribution < 1.29 is 19.7 Å². The molecule has 2 heterocycles. The number of nitrogens with zero attached hydrogens (tertiary/aromatic N) is 1. The lowest BCUT2D eigenvalue weighted by molar-refractivity contribution is -0.214. The summed E-state index contributed by atoms with van der Waals surface area (Å²) in [5.41, 5.74) is -1.55. The number of carbonyl (C=O) groups is 1. The molecule has 0 aromatic rings. The largest absolute Gasteiger partial charge is 0.390 e. The number of ether oxygens (including phenoxy) is 1. The van der Waals surface area contributed by atoms with Crippen LogP contribution in [-0.2, 0) is 9.53 Å². The van der Waals surface area contributed by atoms with E-state index in [2.05, 4.69) is 11.9 Å². The van der Waals surface area contributed by atoms with Gasteiger partial charge >= 0.3 is 0 Å². The molecule has 0 aromatic carbocycles. The average molecular weight is 305 g/mol. The van der Waals surface area contributed by atoms with E-state index in [-0.39, 0.29) is 23.8 Å². The number of piperidine rings is 1. The minimum atomic E-state index is -1.01. The summed E-state index contributed by atoms with van der Waals surface area (Å²) in [5, 5.41) is 22.1. The van der Waals surface area contributed by atoms with E-state index in [0.717, 1.165) is 32.2 Å². The second kappa shape index (κ2) is 4.01. The Hall–Kier alpha value is -0.750. The molecule has 2 saturated carbocycles. The van der Waals surface area contributed by atoms with E-state index in [0.29, 0.717) is 5.92 Å². The van der Waals surface area contributed by atoms with Crippen LogP contribution in [0.3, 0.4) is 0 Å². The SMILES string of the molecule is CN1CC[C@]23C4C5CCC(O)C4O[C@H]2C(=O)C=C[C@@]3(O)[C@H]1C5. The Morgan fingerprint density at radius 1 is 1.41 bits per heavy atom. The first-order chi connectivity index (χ1) is 10.5. The number of aliphatic hydroxyl groups excluding tert-OH is 1. The highest BCUT2D eigenvalue weighted by atomic mass is 16.5. The quantitative estimate of drug-likeness (QED) is 0.664. The number of aliphatic hydroxyl groups is 2. The van der Waals surface area contributed by atoms with E-state index in [9.17, 15) is 15.0 Å². The summed E-state index contributed by atoms with van der Waals surface area (Å²) in [7, 11) is 2.07. The Bertz CT molecular complexity index is 577. The van der Waals surface area contributed by atoms with Crippen molar-refractivity contribution >= 4 is 5.78 Å². The molecule has 8 atom stereocenters. The minimum Gasteiger partial charge on any atom is -0.390 e. The average Bonchev–Trinajstić information content (AvgIpc) is 2.85. The molecular weight excluding hydrogens is 282 g/mol. The highest BCUT2D eigenvalue weighted by molar-refractivity contribution is 5.96. The Morgan fingerprint density at radius 2 is 2.23 bits per heavy atom. The van der Waals surface area contributed by atoms with Crippen molar-refractivity contribution in [3.63, 3.8) is 0 Å². The van der Waals surface area contributed by atoms with Gasteiger partial charge in [-0.2, -0.15) is 0 Å². The second-order valence-electron chi connectivity index (χ2n) is 7.99. The van der Waals surface area contributed by atoms with Crippen LogP contribution in [0.15, 0.2) is 12.2 Å². The van der Waals surface area contributed by atoms with Gasteiger partial charge in [0.2, 0.25) is 0 Å². The van der Waals surface area contributed by atoms with E-state index in [1.165, 1.54) is 6.08 Å². The summed E-state index contributed by atoms with van der Waals surface area (Å²) < 4.78 is 6.12. The van der Waals surface area contributed by atoms with Gasteiger partial charge in [0, 0.05) is 17.4 Å². The number of hydrogen-bond donors (Lipinski definition) is 2. The van der Waals surface area contributed by atoms with Crippen molar-refractivity contribution in [2.75, 3.05) is 13.6 Å². The summed E-state index contributed by atoms with van der Waals surface area (Å²) in [6, 6.07) is 0.0481. The number of hydrogen-bond acceptors (Lipinski definition) is 5. The first-order valence-electron chi connectivity index (χ1n) is 8.48. The Labute approximate surface area is 129 Å². The van der Waals surface area contributed by atoms with E-state index < -0.39 is 23.2 Å². The lowest BCUT2D eigenvalue weighted by Gasteiger charge is -2.65. The van der Waals surface area contributed by atoms with Gasteiger partial charge in [-0.15, -0.1) is 0 Å². The predicted octanol–water partition coefficient (Wildman–Crippen LogP) is 0.105. The van der Waals surface area contributed by atoms with E-state index in [1.807, 2.05) is 0 Å². The zero-order chi connectivity index (χ0) is 15.3. The molecule has 22 heavy (non-hydrogen) atoms. The first kappa shape index (κ1) is 13.7. The van der Waals surface area contributed by atoms with Crippen molar-refractivity contribution in [2.45, 2.75) is 55.6 Å².